The van der Waals surface area contributed by atoms with E-state index < -0.39 is 0 Å². The maximum Gasteiger partial charge on any atom is 0.196 e. The molecule has 0 amide bonds. The van der Waals surface area contributed by atoms with Crippen molar-refractivity contribution in [1.29, 1.82) is 0 Å². The molecule has 0 saturated carbocycles. The standard InChI is InChI=1S/C25H22BrN3O3S/c1-17-7-11-20(12-8-17)32-15-24-27-28-25(29(24)22-6-4-3-5-21(22)26)33-16-23(30)18-9-13-19(31-2)14-10-18/h3-14H,15-16H2,1-2H3. The summed E-state index contributed by atoms with van der Waals surface area (Å²) in [5, 5.41) is 9.33. The number of hydrogen-bond acceptors (Lipinski definition) is 6. The number of carbonyl (C=O) groups excluding carboxylic acids is 1. The maximum atomic E-state index is 12.7. The van der Waals surface area contributed by atoms with Crippen molar-refractivity contribution in [3.63, 3.8) is 0 Å². The van der Waals surface area contributed by atoms with E-state index in [1.807, 2.05) is 60.0 Å². The summed E-state index contributed by atoms with van der Waals surface area (Å²) >= 11 is 4.96. The Morgan fingerprint density at radius 3 is 2.36 bits per heavy atom. The number of nitrogens with zero attached hydrogens (tertiary/aromatic N) is 3. The molecule has 0 aliphatic carbocycles. The van der Waals surface area contributed by atoms with Crippen LogP contribution in [0.5, 0.6) is 11.5 Å². The van der Waals surface area contributed by atoms with Crippen LogP contribution in [-0.4, -0.2) is 33.4 Å². The Morgan fingerprint density at radius 2 is 1.67 bits per heavy atom. The first-order valence-corrected chi connectivity index (χ1v) is 12.0. The average Bonchev–Trinajstić information content (AvgIpc) is 3.25. The van der Waals surface area contributed by atoms with E-state index in [0.29, 0.717) is 22.3 Å². The van der Waals surface area contributed by atoms with E-state index in [4.69, 9.17) is 9.47 Å². The van der Waals surface area contributed by atoms with E-state index in [9.17, 15) is 4.79 Å². The van der Waals surface area contributed by atoms with Crippen LogP contribution in [0, 0.1) is 6.92 Å². The molecule has 0 unspecified atom stereocenters. The van der Waals surface area contributed by atoms with Crippen molar-refractivity contribution >= 4 is 33.5 Å². The van der Waals surface area contributed by atoms with Gasteiger partial charge in [-0.05, 0) is 71.4 Å². The second-order valence-electron chi connectivity index (χ2n) is 7.23. The predicted molar refractivity (Wildman–Crippen MR) is 133 cm³/mol. The van der Waals surface area contributed by atoms with E-state index in [2.05, 4.69) is 26.1 Å². The first-order valence-electron chi connectivity index (χ1n) is 10.2. The Kier molecular flexibility index (Phi) is 7.47. The summed E-state index contributed by atoms with van der Waals surface area (Å²) in [6, 6.07) is 22.8. The van der Waals surface area contributed by atoms with Crippen LogP contribution in [0.25, 0.3) is 5.69 Å². The number of carbonyl (C=O) groups is 1. The molecule has 4 rings (SSSR count). The Labute approximate surface area is 205 Å². The monoisotopic (exact) mass is 523 g/mol. The van der Waals surface area contributed by atoms with Crippen LogP contribution >= 0.6 is 27.7 Å². The third-order valence-corrected chi connectivity index (χ3v) is 6.53. The molecule has 168 valence electrons. The lowest BCUT2D eigenvalue weighted by molar-refractivity contribution is 0.102. The first kappa shape index (κ1) is 23.1. The van der Waals surface area contributed by atoms with Crippen LogP contribution < -0.4 is 9.47 Å². The van der Waals surface area contributed by atoms with E-state index in [0.717, 1.165) is 15.9 Å². The van der Waals surface area contributed by atoms with Crippen LogP contribution in [0.15, 0.2) is 82.4 Å². The summed E-state index contributed by atoms with van der Waals surface area (Å²) in [5.74, 6) is 2.34. The molecular weight excluding hydrogens is 502 g/mol. The zero-order valence-corrected chi connectivity index (χ0v) is 20.6. The summed E-state index contributed by atoms with van der Waals surface area (Å²) in [5.41, 5.74) is 2.67. The van der Waals surface area contributed by atoms with E-state index in [-0.39, 0.29) is 18.1 Å². The van der Waals surface area contributed by atoms with Gasteiger partial charge in [0.2, 0.25) is 0 Å². The molecule has 0 radical (unpaired) electrons. The summed E-state index contributed by atoms with van der Waals surface area (Å²) < 4.78 is 13.9. The lowest BCUT2D eigenvalue weighted by atomic mass is 10.1. The second kappa shape index (κ2) is 10.7. The normalized spacial score (nSPS) is 10.8. The van der Waals surface area contributed by atoms with Gasteiger partial charge in [-0.15, -0.1) is 10.2 Å². The molecule has 4 aromatic rings. The number of aryl methyl sites for hydroxylation is 1. The fourth-order valence-electron chi connectivity index (χ4n) is 3.14. The van der Waals surface area contributed by atoms with E-state index in [1.165, 1.54) is 17.3 Å². The quantitative estimate of drug-likeness (QED) is 0.201. The van der Waals surface area contributed by atoms with Gasteiger partial charge in [-0.25, -0.2) is 0 Å². The molecule has 0 fully saturated rings. The molecule has 6 nitrogen and oxygen atoms in total. The lowest BCUT2D eigenvalue weighted by Crippen LogP contribution is -2.08. The summed E-state index contributed by atoms with van der Waals surface area (Å²) in [7, 11) is 1.60. The van der Waals surface area contributed by atoms with Crippen molar-refractivity contribution in [2.75, 3.05) is 12.9 Å². The van der Waals surface area contributed by atoms with Gasteiger partial charge >= 0.3 is 0 Å². The number of methoxy groups -OCH3 is 1. The molecule has 0 saturated heterocycles. The van der Waals surface area contributed by atoms with Gasteiger partial charge in [-0.1, -0.05) is 41.6 Å². The molecule has 0 bridgehead atoms. The van der Waals surface area contributed by atoms with Crippen molar-refractivity contribution in [2.45, 2.75) is 18.7 Å². The largest absolute Gasteiger partial charge is 0.497 e. The van der Waals surface area contributed by atoms with E-state index >= 15 is 0 Å². The van der Waals surface area contributed by atoms with Crippen molar-refractivity contribution in [3.05, 3.63) is 94.2 Å². The van der Waals surface area contributed by atoms with Crippen molar-refractivity contribution in [2.24, 2.45) is 0 Å². The molecule has 0 N–H and O–H groups in total. The van der Waals surface area contributed by atoms with Crippen LogP contribution in [0.1, 0.15) is 21.7 Å². The number of hydrogen-bond donors (Lipinski definition) is 0. The highest BCUT2D eigenvalue weighted by atomic mass is 79.9. The van der Waals surface area contributed by atoms with Crippen LogP contribution in [0.3, 0.4) is 0 Å². The number of Topliss-reactive ketones (excluding diaryl/α,β-unsaturated/α-hetero) is 1. The number of aromatic nitrogens is 3. The number of ketones is 1. The fourth-order valence-corrected chi connectivity index (χ4v) is 4.46. The number of ether oxygens (including phenoxy) is 2. The molecule has 0 aliphatic heterocycles. The maximum absolute atomic E-state index is 12.7. The van der Waals surface area contributed by atoms with Gasteiger partial charge in [0.05, 0.1) is 18.6 Å². The molecule has 33 heavy (non-hydrogen) atoms. The number of thioether (sulfide) groups is 1. The minimum Gasteiger partial charge on any atom is -0.497 e. The van der Waals surface area contributed by atoms with Gasteiger partial charge in [0.1, 0.15) is 18.1 Å². The fraction of sp³-hybridized carbons (Fsp3) is 0.160. The molecule has 1 heterocycles. The SMILES string of the molecule is COc1ccc(C(=O)CSc2nnc(COc3ccc(C)cc3)n2-c2ccccc2Br)cc1. The lowest BCUT2D eigenvalue weighted by Gasteiger charge is -2.12. The Balaban J connectivity index is 1.56. The summed E-state index contributed by atoms with van der Waals surface area (Å²) in [6.45, 7) is 2.27. The highest BCUT2D eigenvalue weighted by molar-refractivity contribution is 9.10. The van der Waals surface area contributed by atoms with Gasteiger partial charge in [0.15, 0.2) is 16.8 Å². The van der Waals surface area contributed by atoms with Gasteiger partial charge in [-0.3, -0.25) is 9.36 Å². The third kappa shape index (κ3) is 5.64. The van der Waals surface area contributed by atoms with Crippen LogP contribution in [0.2, 0.25) is 0 Å². The predicted octanol–water partition coefficient (Wildman–Crippen LogP) is 5.90. The topological polar surface area (TPSA) is 66.2 Å². The van der Waals surface area contributed by atoms with Gasteiger partial charge in [-0.2, -0.15) is 0 Å². The Hall–Kier alpha value is -3.10. The van der Waals surface area contributed by atoms with Gasteiger partial charge in [0, 0.05) is 10.0 Å². The Bertz CT molecular complexity index is 1240. The smallest absolute Gasteiger partial charge is 0.196 e. The molecular formula is C25H22BrN3O3S. The van der Waals surface area contributed by atoms with Gasteiger partial charge < -0.3 is 9.47 Å². The van der Waals surface area contributed by atoms with Gasteiger partial charge in [0.25, 0.3) is 0 Å². The molecule has 0 aliphatic rings. The zero-order valence-electron chi connectivity index (χ0n) is 18.2. The highest BCUT2D eigenvalue weighted by Crippen LogP contribution is 2.28. The Morgan fingerprint density at radius 1 is 0.970 bits per heavy atom. The molecule has 0 spiro atoms. The third-order valence-electron chi connectivity index (χ3n) is 4.93. The molecule has 3 aromatic carbocycles. The number of rotatable bonds is 9. The number of halogens is 1. The summed E-state index contributed by atoms with van der Waals surface area (Å²) in [6.07, 6.45) is 0. The van der Waals surface area contributed by atoms with E-state index in [1.54, 1.807) is 31.4 Å². The van der Waals surface area contributed by atoms with Crippen molar-refractivity contribution < 1.29 is 14.3 Å². The molecule has 1 aromatic heterocycles. The van der Waals surface area contributed by atoms with Crippen LogP contribution in [-0.2, 0) is 6.61 Å². The first-order chi connectivity index (χ1) is 16.0. The zero-order chi connectivity index (χ0) is 23.2. The van der Waals surface area contributed by atoms with Crippen molar-refractivity contribution in [3.8, 4) is 17.2 Å². The molecule has 0 atom stereocenters. The minimum atomic E-state index is 0.00165. The second-order valence-corrected chi connectivity index (χ2v) is 9.02. The minimum absolute atomic E-state index is 0.00165. The molecule has 8 heteroatoms. The van der Waals surface area contributed by atoms with Crippen molar-refractivity contribution in [1.82, 2.24) is 14.8 Å². The number of benzene rings is 3. The highest BCUT2D eigenvalue weighted by Gasteiger charge is 2.18. The average molecular weight is 524 g/mol. The number of para-hydroxylation sites is 1. The van der Waals surface area contributed by atoms with Crippen LogP contribution in [0.4, 0.5) is 0 Å². The summed E-state index contributed by atoms with van der Waals surface area (Å²) in [4.78, 5) is 12.7.